The zero-order chi connectivity index (χ0) is 17.0. The minimum absolute atomic E-state index is 0.101. The van der Waals surface area contributed by atoms with Gasteiger partial charge in [-0.25, -0.2) is 4.39 Å². The normalized spacial score (nSPS) is 12.4. The summed E-state index contributed by atoms with van der Waals surface area (Å²) in [7, 11) is 1.80. The van der Waals surface area contributed by atoms with E-state index in [0.29, 0.717) is 12.1 Å². The van der Waals surface area contributed by atoms with Crippen LogP contribution in [0.3, 0.4) is 0 Å². The smallest absolute Gasteiger partial charge is 0.234 e. The SMILES string of the molecule is Cc1n[nH]c(C)c1[C@H](C)NC(=O)CN(C)Cc1ccccc1F. The Morgan fingerprint density at radius 2 is 2.09 bits per heavy atom. The molecule has 1 heterocycles. The van der Waals surface area contributed by atoms with Gasteiger partial charge in [-0.15, -0.1) is 0 Å². The fourth-order valence-corrected chi connectivity index (χ4v) is 2.78. The lowest BCUT2D eigenvalue weighted by Gasteiger charge is -2.19. The Hall–Kier alpha value is -2.21. The zero-order valence-corrected chi connectivity index (χ0v) is 14.0. The van der Waals surface area contributed by atoms with Crippen molar-refractivity contribution < 1.29 is 9.18 Å². The largest absolute Gasteiger partial charge is 0.348 e. The van der Waals surface area contributed by atoms with Crippen molar-refractivity contribution in [2.45, 2.75) is 33.4 Å². The summed E-state index contributed by atoms with van der Waals surface area (Å²) < 4.78 is 13.6. The van der Waals surface area contributed by atoms with E-state index in [1.54, 1.807) is 30.1 Å². The van der Waals surface area contributed by atoms with Crippen LogP contribution < -0.4 is 5.32 Å². The molecule has 0 aliphatic carbocycles. The molecular weight excluding hydrogens is 295 g/mol. The molecule has 2 N–H and O–H groups in total. The first-order valence-electron chi connectivity index (χ1n) is 7.61. The van der Waals surface area contributed by atoms with Crippen LogP contribution in [0.25, 0.3) is 0 Å². The van der Waals surface area contributed by atoms with Crippen LogP contribution in [0.5, 0.6) is 0 Å². The van der Waals surface area contributed by atoms with Gasteiger partial charge in [-0.1, -0.05) is 18.2 Å². The van der Waals surface area contributed by atoms with Gasteiger partial charge in [0.2, 0.25) is 5.91 Å². The van der Waals surface area contributed by atoms with Gasteiger partial charge < -0.3 is 5.32 Å². The van der Waals surface area contributed by atoms with Crippen molar-refractivity contribution in [3.8, 4) is 0 Å². The molecule has 1 amide bonds. The number of aromatic nitrogens is 2. The lowest BCUT2D eigenvalue weighted by molar-refractivity contribution is -0.122. The summed E-state index contributed by atoms with van der Waals surface area (Å²) in [6.45, 7) is 6.36. The average Bonchev–Trinajstić information content (AvgIpc) is 2.80. The molecule has 1 atom stereocenters. The number of carbonyl (C=O) groups excluding carboxylic acids is 1. The number of hydrogen-bond acceptors (Lipinski definition) is 3. The van der Waals surface area contributed by atoms with Crippen molar-refractivity contribution >= 4 is 5.91 Å². The second-order valence-electron chi connectivity index (χ2n) is 5.90. The summed E-state index contributed by atoms with van der Waals surface area (Å²) in [5.41, 5.74) is 3.43. The Morgan fingerprint density at radius 1 is 1.39 bits per heavy atom. The molecular formula is C17H23FN4O. The van der Waals surface area contributed by atoms with E-state index in [-0.39, 0.29) is 24.3 Å². The molecule has 0 saturated heterocycles. The fourth-order valence-electron chi connectivity index (χ4n) is 2.78. The van der Waals surface area contributed by atoms with E-state index in [2.05, 4.69) is 15.5 Å². The Labute approximate surface area is 135 Å². The van der Waals surface area contributed by atoms with Crippen LogP contribution in [0.2, 0.25) is 0 Å². The first-order chi connectivity index (χ1) is 10.9. The number of hydrogen-bond donors (Lipinski definition) is 2. The molecule has 0 fully saturated rings. The van der Waals surface area contributed by atoms with Gasteiger partial charge in [0.1, 0.15) is 5.82 Å². The lowest BCUT2D eigenvalue weighted by atomic mass is 10.1. The number of likely N-dealkylation sites (N-methyl/N-ethyl adjacent to an activating group) is 1. The van der Waals surface area contributed by atoms with Crippen LogP contribution in [-0.2, 0) is 11.3 Å². The summed E-state index contributed by atoms with van der Waals surface area (Å²) >= 11 is 0. The van der Waals surface area contributed by atoms with E-state index < -0.39 is 0 Å². The maximum absolute atomic E-state index is 13.6. The molecule has 1 aromatic heterocycles. The Bertz CT molecular complexity index is 663. The van der Waals surface area contributed by atoms with Gasteiger partial charge in [0.05, 0.1) is 18.3 Å². The highest BCUT2D eigenvalue weighted by molar-refractivity contribution is 5.78. The first-order valence-corrected chi connectivity index (χ1v) is 7.61. The number of aromatic amines is 1. The Kier molecular flexibility index (Phi) is 5.50. The second kappa shape index (κ2) is 7.37. The molecule has 1 aromatic carbocycles. The number of rotatable bonds is 6. The number of amides is 1. The first kappa shape index (κ1) is 17.1. The molecule has 6 heteroatoms. The second-order valence-corrected chi connectivity index (χ2v) is 5.90. The van der Waals surface area contributed by atoms with Crippen LogP contribution in [0, 0.1) is 19.7 Å². The third-order valence-corrected chi connectivity index (χ3v) is 3.81. The summed E-state index contributed by atoms with van der Waals surface area (Å²) in [4.78, 5) is 14.0. The predicted octanol–water partition coefficient (Wildman–Crippen LogP) is 2.47. The number of benzene rings is 1. The third kappa shape index (κ3) is 4.39. The number of aryl methyl sites for hydroxylation is 2. The summed E-state index contributed by atoms with van der Waals surface area (Å²) in [6.07, 6.45) is 0. The van der Waals surface area contributed by atoms with Crippen molar-refractivity contribution in [2.75, 3.05) is 13.6 Å². The number of nitrogens with zero attached hydrogens (tertiary/aromatic N) is 2. The summed E-state index contributed by atoms with van der Waals surface area (Å²) in [6, 6.07) is 6.48. The van der Waals surface area contributed by atoms with Gasteiger partial charge in [-0.2, -0.15) is 5.10 Å². The number of halogens is 1. The summed E-state index contributed by atoms with van der Waals surface area (Å²) in [5.74, 6) is -0.353. The standard InChI is InChI=1S/C17H23FN4O/c1-11(17-12(2)20-21-13(17)3)19-16(23)10-22(4)9-14-7-5-6-8-15(14)18/h5-8,11H,9-10H2,1-4H3,(H,19,23)(H,20,21)/t11-/m0/s1. The van der Waals surface area contributed by atoms with Crippen LogP contribution >= 0.6 is 0 Å². The fraction of sp³-hybridized carbons (Fsp3) is 0.412. The molecule has 23 heavy (non-hydrogen) atoms. The van der Waals surface area contributed by atoms with Gasteiger partial charge in [0, 0.05) is 23.4 Å². The molecule has 2 rings (SSSR count). The highest BCUT2D eigenvalue weighted by atomic mass is 19.1. The molecule has 0 aliphatic rings. The van der Waals surface area contributed by atoms with Gasteiger partial charge in [0.15, 0.2) is 0 Å². The minimum atomic E-state index is -0.252. The monoisotopic (exact) mass is 318 g/mol. The van der Waals surface area contributed by atoms with E-state index in [1.807, 2.05) is 20.8 Å². The van der Waals surface area contributed by atoms with E-state index in [9.17, 15) is 9.18 Å². The molecule has 0 saturated carbocycles. The highest BCUT2D eigenvalue weighted by Gasteiger charge is 2.17. The number of nitrogens with one attached hydrogen (secondary N) is 2. The maximum atomic E-state index is 13.6. The van der Waals surface area contributed by atoms with Gasteiger partial charge in [-0.05, 0) is 33.9 Å². The molecule has 0 radical (unpaired) electrons. The molecule has 2 aromatic rings. The predicted molar refractivity (Wildman–Crippen MR) is 87.4 cm³/mol. The third-order valence-electron chi connectivity index (χ3n) is 3.81. The van der Waals surface area contributed by atoms with E-state index in [0.717, 1.165) is 17.0 Å². The van der Waals surface area contributed by atoms with Crippen molar-refractivity contribution in [1.29, 1.82) is 0 Å². The molecule has 5 nitrogen and oxygen atoms in total. The molecule has 0 spiro atoms. The number of H-pyrrole nitrogens is 1. The van der Waals surface area contributed by atoms with E-state index >= 15 is 0 Å². The Balaban J connectivity index is 1.90. The average molecular weight is 318 g/mol. The Morgan fingerprint density at radius 3 is 2.70 bits per heavy atom. The van der Waals surface area contributed by atoms with E-state index in [1.165, 1.54) is 6.07 Å². The van der Waals surface area contributed by atoms with Crippen LogP contribution in [0.15, 0.2) is 24.3 Å². The molecule has 124 valence electrons. The van der Waals surface area contributed by atoms with Crippen molar-refractivity contribution in [2.24, 2.45) is 0 Å². The maximum Gasteiger partial charge on any atom is 0.234 e. The van der Waals surface area contributed by atoms with Crippen molar-refractivity contribution in [3.05, 3.63) is 52.6 Å². The lowest BCUT2D eigenvalue weighted by Crippen LogP contribution is -2.36. The molecule has 0 bridgehead atoms. The van der Waals surface area contributed by atoms with Gasteiger partial charge >= 0.3 is 0 Å². The van der Waals surface area contributed by atoms with Crippen molar-refractivity contribution in [3.63, 3.8) is 0 Å². The van der Waals surface area contributed by atoms with Crippen LogP contribution in [0.4, 0.5) is 4.39 Å². The van der Waals surface area contributed by atoms with Crippen LogP contribution in [-0.4, -0.2) is 34.6 Å². The minimum Gasteiger partial charge on any atom is -0.348 e. The quantitative estimate of drug-likeness (QED) is 0.860. The van der Waals surface area contributed by atoms with Crippen LogP contribution in [0.1, 0.15) is 35.5 Å². The zero-order valence-electron chi connectivity index (χ0n) is 14.0. The number of carbonyl (C=O) groups is 1. The summed E-state index contributed by atoms with van der Waals surface area (Å²) in [5, 5.41) is 10.0. The van der Waals surface area contributed by atoms with E-state index in [4.69, 9.17) is 0 Å². The highest BCUT2D eigenvalue weighted by Crippen LogP contribution is 2.18. The molecule has 0 unspecified atom stereocenters. The molecule has 0 aliphatic heterocycles. The van der Waals surface area contributed by atoms with Crippen molar-refractivity contribution in [1.82, 2.24) is 20.4 Å². The topological polar surface area (TPSA) is 61.0 Å². The van der Waals surface area contributed by atoms with Gasteiger partial charge in [-0.3, -0.25) is 14.8 Å². The van der Waals surface area contributed by atoms with Gasteiger partial charge in [0.25, 0.3) is 0 Å².